The van der Waals surface area contributed by atoms with Gasteiger partial charge in [0.25, 0.3) is 11.8 Å². The number of thioether (sulfide) groups is 1. The zero-order chi connectivity index (χ0) is 29.9. The van der Waals surface area contributed by atoms with Crippen LogP contribution in [0.3, 0.4) is 0 Å². The predicted molar refractivity (Wildman–Crippen MR) is 156 cm³/mol. The molecule has 1 aliphatic rings. The summed E-state index contributed by atoms with van der Waals surface area (Å²) < 4.78 is 5.45. The monoisotopic (exact) mass is 580 g/mol. The van der Waals surface area contributed by atoms with Gasteiger partial charge in [-0.15, -0.1) is 11.8 Å². The number of nitrogens with zero attached hydrogens (tertiary/aromatic N) is 2. The number of aliphatic hydroxyl groups excluding tert-OH is 1. The Labute approximate surface area is 243 Å². The van der Waals surface area contributed by atoms with E-state index in [0.717, 1.165) is 21.4 Å². The van der Waals surface area contributed by atoms with Crippen LogP contribution in [-0.4, -0.2) is 61.3 Å². The van der Waals surface area contributed by atoms with Crippen LogP contribution in [-0.2, 0) is 29.6 Å². The van der Waals surface area contributed by atoms with E-state index in [1.54, 1.807) is 0 Å². The molecule has 3 N–H and O–H groups in total. The first-order chi connectivity index (χ1) is 19.4. The first kappa shape index (κ1) is 30.1. The summed E-state index contributed by atoms with van der Waals surface area (Å²) >= 11 is 1.44. The van der Waals surface area contributed by atoms with Crippen molar-refractivity contribution in [3.05, 3.63) is 93.0 Å². The Kier molecular flexibility index (Phi) is 9.08. The van der Waals surface area contributed by atoms with Crippen molar-refractivity contribution in [3.8, 4) is 0 Å². The minimum absolute atomic E-state index is 0.000897. The third-order valence-electron chi connectivity index (χ3n) is 7.45. The van der Waals surface area contributed by atoms with E-state index in [-0.39, 0.29) is 29.5 Å². The van der Waals surface area contributed by atoms with Crippen molar-refractivity contribution in [2.75, 3.05) is 5.88 Å². The third kappa shape index (κ3) is 6.57. The lowest BCUT2D eigenvalue weighted by atomic mass is 9.97. The van der Waals surface area contributed by atoms with Crippen LogP contribution in [0.15, 0.2) is 63.9 Å². The highest BCUT2D eigenvalue weighted by molar-refractivity contribution is 8.00. The van der Waals surface area contributed by atoms with Crippen LogP contribution in [0.25, 0.3) is 0 Å². The second-order valence-corrected chi connectivity index (χ2v) is 12.4. The molecule has 41 heavy (non-hydrogen) atoms. The lowest BCUT2D eigenvalue weighted by Crippen LogP contribution is -2.58. The van der Waals surface area contributed by atoms with E-state index in [9.17, 15) is 24.3 Å². The van der Waals surface area contributed by atoms with Gasteiger partial charge in [-0.3, -0.25) is 14.4 Å². The van der Waals surface area contributed by atoms with Crippen LogP contribution >= 0.6 is 11.8 Å². The van der Waals surface area contributed by atoms with Gasteiger partial charge >= 0.3 is 5.63 Å². The highest BCUT2D eigenvalue weighted by Crippen LogP contribution is 2.40. The topological polar surface area (TPSA) is 134 Å². The highest BCUT2D eigenvalue weighted by atomic mass is 32.2. The van der Waals surface area contributed by atoms with E-state index in [2.05, 4.69) is 10.6 Å². The van der Waals surface area contributed by atoms with Crippen molar-refractivity contribution < 1.29 is 24.0 Å². The van der Waals surface area contributed by atoms with Crippen molar-refractivity contribution in [2.45, 2.75) is 63.6 Å². The van der Waals surface area contributed by atoms with E-state index >= 15 is 0 Å². The molecule has 3 atom stereocenters. The van der Waals surface area contributed by atoms with E-state index in [1.165, 1.54) is 30.6 Å². The predicted octanol–water partition coefficient (Wildman–Crippen LogP) is 2.29. The molecule has 0 saturated carbocycles. The fourth-order valence-electron chi connectivity index (χ4n) is 5.07. The lowest BCUT2D eigenvalue weighted by molar-refractivity contribution is -0.147. The Bertz CT molecular complexity index is 1480. The van der Waals surface area contributed by atoms with Gasteiger partial charge in [-0.2, -0.15) is 0 Å². The number of aliphatic hydroxyl groups is 1. The number of amides is 3. The van der Waals surface area contributed by atoms with Gasteiger partial charge in [0, 0.05) is 18.3 Å². The van der Waals surface area contributed by atoms with Crippen LogP contribution in [0.4, 0.5) is 0 Å². The number of hydrogen-bond donors (Lipinski definition) is 3. The Balaban J connectivity index is 1.57. The molecule has 218 valence electrons. The molecule has 0 spiro atoms. The number of nitrogens with one attached hydrogen (secondary N) is 2. The molecule has 3 amide bonds. The normalized spacial score (nSPS) is 17.6. The molecule has 2 aromatic carbocycles. The number of hydrogen-bond acceptors (Lipinski definition) is 7. The average Bonchev–Trinajstić information content (AvgIpc) is 3.39. The van der Waals surface area contributed by atoms with E-state index in [1.807, 2.05) is 75.4 Å². The number of carbonyl (C=O) groups is 3. The molecular formula is C30H36N4O6S. The van der Waals surface area contributed by atoms with Crippen molar-refractivity contribution in [3.63, 3.8) is 0 Å². The molecule has 10 nitrogen and oxygen atoms in total. The summed E-state index contributed by atoms with van der Waals surface area (Å²) in [5.41, 5.74) is 2.26. The maximum Gasteiger partial charge on any atom is 0.361 e. The molecule has 1 aromatic heterocycles. The second kappa shape index (κ2) is 12.4. The van der Waals surface area contributed by atoms with E-state index in [0.29, 0.717) is 6.54 Å². The summed E-state index contributed by atoms with van der Waals surface area (Å²) in [6.45, 7) is 7.52. The lowest BCUT2D eigenvalue weighted by Gasteiger charge is -2.33. The number of benzene rings is 2. The number of aryl methyl sites for hydroxylation is 2. The van der Waals surface area contributed by atoms with Gasteiger partial charge in [-0.1, -0.05) is 54.6 Å². The number of aromatic nitrogens is 1. The first-order valence-corrected chi connectivity index (χ1v) is 14.4. The Morgan fingerprint density at radius 3 is 2.39 bits per heavy atom. The Morgan fingerprint density at radius 2 is 1.76 bits per heavy atom. The molecular weight excluding hydrogens is 544 g/mol. The van der Waals surface area contributed by atoms with Crippen LogP contribution in [0.5, 0.6) is 0 Å². The summed E-state index contributed by atoms with van der Waals surface area (Å²) in [5, 5.41) is 17.1. The maximum absolute atomic E-state index is 13.8. The summed E-state index contributed by atoms with van der Waals surface area (Å²) in [6.07, 6.45) is -1.52. The zero-order valence-corrected chi connectivity index (χ0v) is 24.7. The smallest absolute Gasteiger partial charge is 0.361 e. The fraction of sp³-hybridized carbons (Fsp3) is 0.400. The van der Waals surface area contributed by atoms with Gasteiger partial charge in [-0.05, 0) is 50.8 Å². The fourth-order valence-corrected chi connectivity index (χ4v) is 6.21. The molecule has 1 unspecified atom stereocenters. The Morgan fingerprint density at radius 1 is 1.10 bits per heavy atom. The van der Waals surface area contributed by atoms with E-state index < -0.39 is 40.4 Å². The maximum atomic E-state index is 13.8. The third-order valence-corrected chi connectivity index (χ3v) is 8.83. The first-order valence-electron chi connectivity index (χ1n) is 13.4. The Hall–Kier alpha value is -3.83. The van der Waals surface area contributed by atoms with Gasteiger partial charge in [-0.25, -0.2) is 9.53 Å². The molecule has 0 radical (unpaired) electrons. The highest BCUT2D eigenvalue weighted by Gasteiger charge is 2.49. The van der Waals surface area contributed by atoms with Crippen LogP contribution < -0.4 is 16.3 Å². The summed E-state index contributed by atoms with van der Waals surface area (Å²) in [7, 11) is 1.43. The van der Waals surface area contributed by atoms with Crippen molar-refractivity contribution in [1.29, 1.82) is 0 Å². The molecule has 0 bridgehead atoms. The van der Waals surface area contributed by atoms with Crippen molar-refractivity contribution in [1.82, 2.24) is 20.3 Å². The van der Waals surface area contributed by atoms with Gasteiger partial charge in [0.05, 0.1) is 17.5 Å². The van der Waals surface area contributed by atoms with Crippen LogP contribution in [0.1, 0.15) is 46.6 Å². The zero-order valence-electron chi connectivity index (χ0n) is 23.8. The van der Waals surface area contributed by atoms with E-state index in [4.69, 9.17) is 4.52 Å². The number of rotatable bonds is 9. The SMILES string of the molecule is Cc1ccccc1CNC(=O)C1N(C(=O)[C@@H](O)[C@H](Cc2ccccc2)NC(=O)c2c(C)c(=O)on2C)CSC1(C)C. The van der Waals surface area contributed by atoms with Gasteiger partial charge in [0.2, 0.25) is 5.91 Å². The second-order valence-electron chi connectivity index (χ2n) is 10.8. The molecule has 1 aliphatic heterocycles. The largest absolute Gasteiger partial charge is 0.381 e. The minimum Gasteiger partial charge on any atom is -0.381 e. The quantitative estimate of drug-likeness (QED) is 0.354. The molecule has 1 fully saturated rings. The minimum atomic E-state index is -1.66. The molecule has 3 aromatic rings. The molecule has 1 saturated heterocycles. The van der Waals surface area contributed by atoms with Gasteiger partial charge in [0.1, 0.15) is 11.7 Å². The summed E-state index contributed by atoms with van der Waals surface area (Å²) in [6, 6.07) is 15.0. The molecule has 11 heteroatoms. The van der Waals surface area contributed by atoms with Crippen molar-refractivity contribution in [2.24, 2.45) is 7.05 Å². The van der Waals surface area contributed by atoms with Crippen LogP contribution in [0, 0.1) is 13.8 Å². The average molecular weight is 581 g/mol. The van der Waals surface area contributed by atoms with Gasteiger partial charge in [0.15, 0.2) is 6.10 Å². The van der Waals surface area contributed by atoms with Crippen molar-refractivity contribution >= 4 is 29.5 Å². The molecule has 4 rings (SSSR count). The summed E-state index contributed by atoms with van der Waals surface area (Å²) in [5.74, 6) is -1.45. The number of carbonyl (C=O) groups excluding carboxylic acids is 3. The standard InChI is InChI=1S/C30H36N4O6S/c1-18-11-9-10-14-21(18)16-31-27(37)25-30(3,4)41-17-34(25)28(38)24(35)22(15-20-12-7-6-8-13-20)32-26(36)23-19(2)29(39)40-33(23)5/h6-14,22,24-25,35H,15-17H2,1-5H3,(H,31,37)(H,32,36)/t22-,24-,25?/m0/s1. The van der Waals surface area contributed by atoms with Crippen LogP contribution in [0.2, 0.25) is 0 Å². The molecule has 2 heterocycles. The molecule has 0 aliphatic carbocycles. The summed E-state index contributed by atoms with van der Waals surface area (Å²) in [4.78, 5) is 53.9. The van der Waals surface area contributed by atoms with Gasteiger partial charge < -0.3 is 25.2 Å².